The van der Waals surface area contributed by atoms with Gasteiger partial charge in [-0.15, -0.1) is 0 Å². The Labute approximate surface area is 64.7 Å². The van der Waals surface area contributed by atoms with E-state index in [1.54, 1.807) is 4.90 Å². The second kappa shape index (κ2) is 2.19. The molecule has 1 amide bonds. The lowest BCUT2D eigenvalue weighted by Gasteiger charge is -2.20. The molecule has 0 aromatic carbocycles. The zero-order chi connectivity index (χ0) is 7.84. The SMILES string of the molecule is O=C1CC(=O)N2CCCC=C12. The molecule has 2 rings (SSSR count). The molecule has 0 spiro atoms. The normalized spacial score (nSPS) is 23.6. The van der Waals surface area contributed by atoms with Crippen LogP contribution in [-0.2, 0) is 9.59 Å². The van der Waals surface area contributed by atoms with Crippen molar-refractivity contribution in [2.24, 2.45) is 0 Å². The van der Waals surface area contributed by atoms with Gasteiger partial charge in [0.15, 0.2) is 5.78 Å². The number of nitrogens with zero attached hydrogens (tertiary/aromatic N) is 1. The standard InChI is InChI=1S/C8H9NO2/c10-7-5-8(11)9-4-2-1-3-6(7)9/h3H,1-2,4-5H2. The summed E-state index contributed by atoms with van der Waals surface area (Å²) in [5, 5.41) is 0. The van der Waals surface area contributed by atoms with Crippen molar-refractivity contribution in [2.75, 3.05) is 6.54 Å². The first-order valence-corrected chi connectivity index (χ1v) is 3.83. The van der Waals surface area contributed by atoms with E-state index in [1.165, 1.54) is 0 Å². The van der Waals surface area contributed by atoms with Gasteiger partial charge >= 0.3 is 0 Å². The zero-order valence-corrected chi connectivity index (χ0v) is 6.17. The quantitative estimate of drug-likeness (QED) is 0.472. The maximum Gasteiger partial charge on any atom is 0.234 e. The number of Topliss-reactive ketones (excluding diaryl/α,β-unsaturated/α-hetero) is 1. The monoisotopic (exact) mass is 151 g/mol. The zero-order valence-electron chi connectivity index (χ0n) is 6.17. The van der Waals surface area contributed by atoms with Gasteiger partial charge in [0.25, 0.3) is 0 Å². The molecule has 0 saturated carbocycles. The molecule has 0 aliphatic carbocycles. The van der Waals surface area contributed by atoms with Gasteiger partial charge in [-0.25, -0.2) is 0 Å². The number of amides is 1. The molecule has 2 heterocycles. The lowest BCUT2D eigenvalue weighted by molar-refractivity contribution is -0.127. The van der Waals surface area contributed by atoms with Crippen LogP contribution >= 0.6 is 0 Å². The first-order valence-electron chi connectivity index (χ1n) is 3.83. The number of hydrogen-bond acceptors (Lipinski definition) is 2. The maximum atomic E-state index is 11.1. The van der Waals surface area contributed by atoms with Crippen LogP contribution in [0.15, 0.2) is 11.8 Å². The van der Waals surface area contributed by atoms with E-state index in [1.807, 2.05) is 6.08 Å². The fourth-order valence-corrected chi connectivity index (χ4v) is 1.57. The molecule has 1 fully saturated rings. The summed E-state index contributed by atoms with van der Waals surface area (Å²) in [5.74, 6) is -0.0318. The minimum absolute atomic E-state index is 0.00491. The number of carbonyl (C=O) groups excluding carboxylic acids is 2. The second-order valence-corrected chi connectivity index (χ2v) is 2.88. The van der Waals surface area contributed by atoms with Crippen molar-refractivity contribution in [2.45, 2.75) is 19.3 Å². The summed E-state index contributed by atoms with van der Waals surface area (Å²) in [4.78, 5) is 23.8. The molecule has 0 aromatic heterocycles. The predicted molar refractivity (Wildman–Crippen MR) is 38.7 cm³/mol. The van der Waals surface area contributed by atoms with Crippen molar-refractivity contribution in [3.8, 4) is 0 Å². The summed E-state index contributed by atoms with van der Waals surface area (Å²) in [6.07, 6.45) is 3.88. The summed E-state index contributed by atoms with van der Waals surface area (Å²) < 4.78 is 0. The summed E-state index contributed by atoms with van der Waals surface area (Å²) >= 11 is 0. The Morgan fingerprint density at radius 1 is 1.36 bits per heavy atom. The van der Waals surface area contributed by atoms with E-state index in [-0.39, 0.29) is 18.1 Å². The van der Waals surface area contributed by atoms with Gasteiger partial charge in [0.05, 0.1) is 12.1 Å². The third-order valence-corrected chi connectivity index (χ3v) is 2.11. The molecule has 11 heavy (non-hydrogen) atoms. The second-order valence-electron chi connectivity index (χ2n) is 2.88. The first kappa shape index (κ1) is 6.58. The van der Waals surface area contributed by atoms with Crippen molar-refractivity contribution in [1.82, 2.24) is 4.90 Å². The van der Waals surface area contributed by atoms with Gasteiger partial charge in [0, 0.05) is 6.54 Å². The number of allylic oxidation sites excluding steroid dienone is 2. The van der Waals surface area contributed by atoms with Crippen molar-refractivity contribution in [1.29, 1.82) is 0 Å². The fourth-order valence-electron chi connectivity index (χ4n) is 1.57. The third kappa shape index (κ3) is 0.878. The Bertz CT molecular complexity index is 255. The van der Waals surface area contributed by atoms with E-state index in [9.17, 15) is 9.59 Å². The molecule has 2 aliphatic heterocycles. The van der Waals surface area contributed by atoms with E-state index in [4.69, 9.17) is 0 Å². The van der Waals surface area contributed by atoms with Gasteiger partial charge in [0.2, 0.25) is 5.91 Å². The molecule has 0 atom stereocenters. The van der Waals surface area contributed by atoms with E-state index in [0.717, 1.165) is 19.4 Å². The van der Waals surface area contributed by atoms with Gasteiger partial charge < -0.3 is 4.90 Å². The van der Waals surface area contributed by atoms with E-state index < -0.39 is 0 Å². The number of ketones is 1. The van der Waals surface area contributed by atoms with Crippen LogP contribution in [0.25, 0.3) is 0 Å². The molecule has 58 valence electrons. The molecular weight excluding hydrogens is 142 g/mol. The molecule has 2 aliphatic rings. The molecule has 0 aromatic rings. The number of hydrogen-bond donors (Lipinski definition) is 0. The van der Waals surface area contributed by atoms with Crippen LogP contribution in [0.3, 0.4) is 0 Å². The van der Waals surface area contributed by atoms with E-state index in [0.29, 0.717) is 5.70 Å². The molecule has 1 saturated heterocycles. The highest BCUT2D eigenvalue weighted by Crippen LogP contribution is 2.23. The molecule has 0 radical (unpaired) electrons. The smallest absolute Gasteiger partial charge is 0.234 e. The molecule has 0 bridgehead atoms. The van der Waals surface area contributed by atoms with Crippen LogP contribution in [0.1, 0.15) is 19.3 Å². The summed E-state index contributed by atoms with van der Waals surface area (Å²) in [6.45, 7) is 0.733. The highest BCUT2D eigenvalue weighted by atomic mass is 16.2. The maximum absolute atomic E-state index is 11.1. The third-order valence-electron chi connectivity index (χ3n) is 2.11. The van der Waals surface area contributed by atoms with Crippen molar-refractivity contribution < 1.29 is 9.59 Å². The van der Waals surface area contributed by atoms with E-state index in [2.05, 4.69) is 0 Å². The van der Waals surface area contributed by atoms with E-state index >= 15 is 0 Å². The summed E-state index contributed by atoms with van der Waals surface area (Å²) in [6, 6.07) is 0. The van der Waals surface area contributed by atoms with Crippen LogP contribution in [0, 0.1) is 0 Å². The first-order chi connectivity index (χ1) is 5.29. The molecule has 3 nitrogen and oxygen atoms in total. The molecule has 0 unspecified atom stereocenters. The van der Waals surface area contributed by atoms with Crippen LogP contribution in [0.2, 0.25) is 0 Å². The average Bonchev–Trinajstić information content (AvgIpc) is 2.30. The van der Waals surface area contributed by atoms with Crippen LogP contribution in [0.4, 0.5) is 0 Å². The lowest BCUT2D eigenvalue weighted by Crippen LogP contribution is -2.27. The van der Waals surface area contributed by atoms with Gasteiger partial charge in [-0.3, -0.25) is 9.59 Å². The average molecular weight is 151 g/mol. The van der Waals surface area contributed by atoms with Crippen LogP contribution in [-0.4, -0.2) is 23.1 Å². The summed E-state index contributed by atoms with van der Waals surface area (Å²) in [7, 11) is 0. The minimum Gasteiger partial charge on any atom is -0.309 e. The van der Waals surface area contributed by atoms with Gasteiger partial charge in [-0.1, -0.05) is 6.08 Å². The van der Waals surface area contributed by atoms with Crippen molar-refractivity contribution >= 4 is 11.7 Å². The molecular formula is C8H9NO2. The Kier molecular flexibility index (Phi) is 1.31. The van der Waals surface area contributed by atoms with Crippen LogP contribution in [0.5, 0.6) is 0 Å². The van der Waals surface area contributed by atoms with Gasteiger partial charge in [-0.05, 0) is 12.8 Å². The molecule has 0 N–H and O–H groups in total. The van der Waals surface area contributed by atoms with Crippen molar-refractivity contribution in [3.05, 3.63) is 11.8 Å². The Balaban J connectivity index is 2.36. The minimum atomic E-state index is -0.0269. The number of fused-ring (bicyclic) bond motifs is 1. The number of rotatable bonds is 0. The van der Waals surface area contributed by atoms with Crippen molar-refractivity contribution in [3.63, 3.8) is 0 Å². The highest BCUT2D eigenvalue weighted by Gasteiger charge is 2.33. The van der Waals surface area contributed by atoms with Gasteiger partial charge in [0.1, 0.15) is 0 Å². The fraction of sp³-hybridized carbons (Fsp3) is 0.500. The highest BCUT2D eigenvalue weighted by molar-refractivity contribution is 6.14. The topological polar surface area (TPSA) is 37.4 Å². The lowest BCUT2D eigenvalue weighted by atomic mass is 10.1. The Morgan fingerprint density at radius 2 is 2.18 bits per heavy atom. The predicted octanol–water partition coefficient (Wildman–Crippen LogP) is 0.465. The molecule has 3 heteroatoms. The largest absolute Gasteiger partial charge is 0.309 e. The van der Waals surface area contributed by atoms with Gasteiger partial charge in [-0.2, -0.15) is 0 Å². The van der Waals surface area contributed by atoms with Crippen LogP contribution < -0.4 is 0 Å². The Morgan fingerprint density at radius 3 is 2.91 bits per heavy atom. The Hall–Kier alpha value is -1.12. The number of carbonyl (C=O) groups is 2. The summed E-state index contributed by atoms with van der Waals surface area (Å²) in [5.41, 5.74) is 0.640.